The first-order valence-corrected chi connectivity index (χ1v) is 8.14. The summed E-state index contributed by atoms with van der Waals surface area (Å²) in [5, 5.41) is 11.0. The summed E-state index contributed by atoms with van der Waals surface area (Å²) in [7, 11) is 0. The van der Waals surface area contributed by atoms with E-state index in [2.05, 4.69) is 47.8 Å². The third-order valence-corrected chi connectivity index (χ3v) is 5.57. The highest BCUT2D eigenvalue weighted by Crippen LogP contribution is 2.39. The second-order valence-corrected chi connectivity index (χ2v) is 8.39. The molecule has 1 aromatic heterocycles. The normalized spacial score (nSPS) is 12.8. The van der Waals surface area contributed by atoms with Gasteiger partial charge in [0.2, 0.25) is 0 Å². The fourth-order valence-electron chi connectivity index (χ4n) is 1.43. The smallest absolute Gasteiger partial charge is 0.107 e. The Morgan fingerprint density at radius 3 is 2.41 bits per heavy atom. The Bertz CT molecular complexity index is 556. The number of halogens is 4. The number of aliphatic hydroxyl groups is 1. The fourth-order valence-corrected chi connectivity index (χ4v) is 4.96. The van der Waals surface area contributed by atoms with Crippen molar-refractivity contribution < 1.29 is 5.11 Å². The summed E-state index contributed by atoms with van der Waals surface area (Å²) in [6.07, 6.45) is -0.708. The molecule has 0 bridgehead atoms. The van der Waals surface area contributed by atoms with Gasteiger partial charge in [-0.2, -0.15) is 0 Å². The van der Waals surface area contributed by atoms with Gasteiger partial charge in [-0.3, -0.25) is 0 Å². The third-order valence-electron chi connectivity index (χ3n) is 2.23. The van der Waals surface area contributed by atoms with Gasteiger partial charge in [0.1, 0.15) is 6.10 Å². The summed E-state index contributed by atoms with van der Waals surface area (Å²) < 4.78 is 2.71. The molecule has 0 aliphatic rings. The molecule has 90 valence electrons. The molecular formula is C11H6Br3ClOS. The van der Waals surface area contributed by atoms with Crippen LogP contribution < -0.4 is 0 Å². The maximum Gasteiger partial charge on any atom is 0.107 e. The topological polar surface area (TPSA) is 20.2 Å². The molecule has 1 heterocycles. The SMILES string of the molecule is OC(c1cc(Cl)ccc1Br)c1cc(Br)sc1Br. The van der Waals surface area contributed by atoms with Crippen LogP contribution in [0.2, 0.25) is 5.02 Å². The molecule has 17 heavy (non-hydrogen) atoms. The number of rotatable bonds is 2. The summed E-state index contributed by atoms with van der Waals surface area (Å²) in [4.78, 5) is 0. The van der Waals surface area contributed by atoms with E-state index in [-0.39, 0.29) is 0 Å². The van der Waals surface area contributed by atoms with Crippen LogP contribution >= 0.6 is 70.7 Å². The van der Waals surface area contributed by atoms with Gasteiger partial charge in [0, 0.05) is 20.6 Å². The molecule has 0 amide bonds. The number of hydrogen-bond acceptors (Lipinski definition) is 2. The number of thiophene rings is 1. The molecule has 1 atom stereocenters. The fraction of sp³-hybridized carbons (Fsp3) is 0.0909. The van der Waals surface area contributed by atoms with E-state index in [0.29, 0.717) is 5.02 Å². The Balaban J connectivity index is 2.46. The lowest BCUT2D eigenvalue weighted by atomic mass is 10.0. The minimum Gasteiger partial charge on any atom is -0.384 e. The molecule has 0 aliphatic heterocycles. The van der Waals surface area contributed by atoms with Gasteiger partial charge in [0.15, 0.2) is 0 Å². The van der Waals surface area contributed by atoms with E-state index >= 15 is 0 Å². The van der Waals surface area contributed by atoms with Crippen molar-refractivity contribution >= 4 is 70.7 Å². The van der Waals surface area contributed by atoms with Crippen LogP contribution in [0.1, 0.15) is 17.2 Å². The molecule has 0 saturated carbocycles. The molecule has 1 aromatic carbocycles. The first-order chi connectivity index (χ1) is 7.99. The summed E-state index contributed by atoms with van der Waals surface area (Å²) in [5.74, 6) is 0. The highest BCUT2D eigenvalue weighted by Gasteiger charge is 2.19. The van der Waals surface area contributed by atoms with Crippen molar-refractivity contribution in [2.24, 2.45) is 0 Å². The highest BCUT2D eigenvalue weighted by atomic mass is 79.9. The van der Waals surface area contributed by atoms with E-state index in [0.717, 1.165) is 23.2 Å². The van der Waals surface area contributed by atoms with Crippen molar-refractivity contribution in [2.75, 3.05) is 0 Å². The van der Waals surface area contributed by atoms with Crippen LogP contribution in [0, 0.1) is 0 Å². The first-order valence-electron chi connectivity index (χ1n) is 4.57. The van der Waals surface area contributed by atoms with Gasteiger partial charge in [-0.1, -0.05) is 27.5 Å². The van der Waals surface area contributed by atoms with E-state index in [1.165, 1.54) is 11.3 Å². The van der Waals surface area contributed by atoms with Crippen molar-refractivity contribution in [1.82, 2.24) is 0 Å². The van der Waals surface area contributed by atoms with Gasteiger partial charge in [-0.05, 0) is 56.1 Å². The molecule has 1 nitrogen and oxygen atoms in total. The largest absolute Gasteiger partial charge is 0.384 e. The quantitative estimate of drug-likeness (QED) is 0.602. The minimum absolute atomic E-state index is 0.604. The van der Waals surface area contributed by atoms with Gasteiger partial charge < -0.3 is 5.11 Å². The molecule has 0 radical (unpaired) electrons. The van der Waals surface area contributed by atoms with Crippen molar-refractivity contribution in [3.8, 4) is 0 Å². The maximum atomic E-state index is 10.4. The zero-order chi connectivity index (χ0) is 12.6. The average molecular weight is 461 g/mol. The monoisotopic (exact) mass is 458 g/mol. The summed E-state index contributed by atoms with van der Waals surface area (Å²) in [6, 6.07) is 7.26. The molecule has 2 rings (SSSR count). The lowest BCUT2D eigenvalue weighted by Crippen LogP contribution is -1.99. The lowest BCUT2D eigenvalue weighted by Gasteiger charge is -2.12. The molecule has 2 aromatic rings. The van der Waals surface area contributed by atoms with Crippen molar-refractivity contribution in [3.05, 3.63) is 52.5 Å². The molecule has 1 N–H and O–H groups in total. The zero-order valence-electron chi connectivity index (χ0n) is 8.25. The molecular weight excluding hydrogens is 455 g/mol. The number of hydrogen-bond donors (Lipinski definition) is 1. The molecule has 0 spiro atoms. The van der Waals surface area contributed by atoms with E-state index in [4.69, 9.17) is 11.6 Å². The van der Waals surface area contributed by atoms with Crippen LogP contribution in [-0.2, 0) is 0 Å². The van der Waals surface area contributed by atoms with E-state index < -0.39 is 6.10 Å². The van der Waals surface area contributed by atoms with E-state index in [1.54, 1.807) is 12.1 Å². The summed E-state index contributed by atoms with van der Waals surface area (Å²) in [6.45, 7) is 0. The van der Waals surface area contributed by atoms with Crippen molar-refractivity contribution in [3.63, 3.8) is 0 Å². The van der Waals surface area contributed by atoms with Crippen LogP contribution in [0.15, 0.2) is 36.3 Å². The lowest BCUT2D eigenvalue weighted by molar-refractivity contribution is 0.219. The van der Waals surface area contributed by atoms with Gasteiger partial charge in [0.25, 0.3) is 0 Å². The van der Waals surface area contributed by atoms with Crippen LogP contribution in [-0.4, -0.2) is 5.11 Å². The molecule has 0 saturated heterocycles. The second kappa shape index (κ2) is 5.72. The Morgan fingerprint density at radius 1 is 1.12 bits per heavy atom. The summed E-state index contributed by atoms with van der Waals surface area (Å²) in [5.41, 5.74) is 1.58. The van der Waals surface area contributed by atoms with Crippen LogP contribution in [0.5, 0.6) is 0 Å². The Kier molecular flexibility index (Phi) is 4.72. The molecule has 0 fully saturated rings. The van der Waals surface area contributed by atoms with Gasteiger partial charge in [-0.25, -0.2) is 0 Å². The first kappa shape index (κ1) is 14.0. The van der Waals surface area contributed by atoms with Gasteiger partial charge in [0.05, 0.1) is 7.57 Å². The standard InChI is InChI=1S/C11H6Br3ClOS/c12-8-2-1-5(15)3-6(8)10(16)7-4-9(13)17-11(7)14/h1-4,10,16H. The highest BCUT2D eigenvalue weighted by molar-refractivity contribution is 9.12. The third kappa shape index (κ3) is 3.14. The van der Waals surface area contributed by atoms with Crippen LogP contribution in [0.4, 0.5) is 0 Å². The van der Waals surface area contributed by atoms with Gasteiger partial charge in [-0.15, -0.1) is 11.3 Å². The van der Waals surface area contributed by atoms with Crippen molar-refractivity contribution in [1.29, 1.82) is 0 Å². The summed E-state index contributed by atoms with van der Waals surface area (Å²) >= 11 is 17.7. The predicted octanol–water partition coefficient (Wildman–Crippen LogP) is 5.77. The number of aliphatic hydroxyl groups excluding tert-OH is 1. The maximum absolute atomic E-state index is 10.4. The predicted molar refractivity (Wildman–Crippen MR) is 82.9 cm³/mol. The Labute approximate surface area is 133 Å². The Hall–Kier alpha value is 0.610. The number of benzene rings is 1. The minimum atomic E-state index is -0.708. The zero-order valence-corrected chi connectivity index (χ0v) is 14.6. The van der Waals surface area contributed by atoms with E-state index in [1.807, 2.05) is 12.1 Å². The van der Waals surface area contributed by atoms with E-state index in [9.17, 15) is 5.11 Å². The Morgan fingerprint density at radius 2 is 1.82 bits per heavy atom. The second-order valence-electron chi connectivity index (χ2n) is 3.35. The average Bonchev–Trinajstić information content (AvgIpc) is 2.60. The molecule has 6 heteroatoms. The molecule has 1 unspecified atom stereocenters. The van der Waals surface area contributed by atoms with Crippen molar-refractivity contribution in [2.45, 2.75) is 6.10 Å². The van der Waals surface area contributed by atoms with Gasteiger partial charge >= 0.3 is 0 Å². The van der Waals surface area contributed by atoms with Crippen LogP contribution in [0.3, 0.4) is 0 Å². The molecule has 0 aliphatic carbocycles. The van der Waals surface area contributed by atoms with Crippen LogP contribution in [0.25, 0.3) is 0 Å².